The molecule has 0 saturated carbocycles. The highest BCUT2D eigenvalue weighted by Crippen LogP contribution is 2.36. The van der Waals surface area contributed by atoms with Gasteiger partial charge in [0, 0.05) is 11.1 Å². The molecule has 4 aromatic rings. The van der Waals surface area contributed by atoms with E-state index in [1.807, 2.05) is 47.6 Å². The van der Waals surface area contributed by atoms with Crippen LogP contribution in [0.4, 0.5) is 0 Å². The summed E-state index contributed by atoms with van der Waals surface area (Å²) in [5.41, 5.74) is 3.56. The average molecular weight is 767 g/mol. The second-order valence-corrected chi connectivity index (χ2v) is 15.2. The zero-order valence-corrected chi connectivity index (χ0v) is 30.4. The summed E-state index contributed by atoms with van der Waals surface area (Å²) in [6.07, 6.45) is 0. The number of aryl methyl sites for hydroxylation is 2. The minimum atomic E-state index is -3.87. The maximum Gasteiger partial charge on any atom is 0.339 e. The summed E-state index contributed by atoms with van der Waals surface area (Å²) in [5.74, 6) is 2.25. The molecular weight excluding hydrogens is 727 g/mol. The Hall–Kier alpha value is -3.29. The van der Waals surface area contributed by atoms with Crippen molar-refractivity contribution < 1.29 is 34.7 Å². The van der Waals surface area contributed by atoms with Gasteiger partial charge in [-0.3, -0.25) is 0 Å². The maximum absolute atomic E-state index is 12.5. The van der Waals surface area contributed by atoms with Gasteiger partial charge in [0.15, 0.2) is 0 Å². The van der Waals surface area contributed by atoms with Crippen LogP contribution in [0.3, 0.4) is 0 Å². The Balaban J connectivity index is 0.000000246. The predicted octanol–water partition coefficient (Wildman–Crippen LogP) is 8.39. The zero-order valence-electron chi connectivity index (χ0n) is 26.6. The number of hydrogen-bond acceptors (Lipinski definition) is 8. The van der Waals surface area contributed by atoms with Crippen LogP contribution < -0.4 is 17.8 Å². The van der Waals surface area contributed by atoms with Gasteiger partial charge in [0.1, 0.15) is 32.8 Å². The van der Waals surface area contributed by atoms with Crippen LogP contribution in [0.5, 0.6) is 23.0 Å². The molecule has 0 unspecified atom stereocenters. The third-order valence-corrected chi connectivity index (χ3v) is 10.1. The normalized spacial score (nSPS) is 11.5. The van der Waals surface area contributed by atoms with E-state index in [-0.39, 0.29) is 21.6 Å². The summed E-state index contributed by atoms with van der Waals surface area (Å²) in [7, 11) is -4.55. The van der Waals surface area contributed by atoms with Crippen molar-refractivity contribution in [2.75, 3.05) is 14.2 Å². The van der Waals surface area contributed by atoms with Gasteiger partial charge in [0.05, 0.1) is 17.8 Å². The summed E-state index contributed by atoms with van der Waals surface area (Å²) in [5, 5.41) is 0. The highest BCUT2D eigenvalue weighted by atomic mass is 127. The molecule has 0 spiro atoms. The summed E-state index contributed by atoms with van der Waals surface area (Å²) < 4.78 is 71.8. The van der Waals surface area contributed by atoms with Gasteiger partial charge < -0.3 is 17.8 Å². The summed E-state index contributed by atoms with van der Waals surface area (Å²) in [6.45, 7) is 11.7. The number of hydrogen-bond donors (Lipinski definition) is 0. The molecule has 0 bridgehead atoms. The van der Waals surface area contributed by atoms with E-state index >= 15 is 0 Å². The first-order chi connectivity index (χ1) is 21.1. The van der Waals surface area contributed by atoms with Gasteiger partial charge in [-0.1, -0.05) is 63.1 Å². The number of methoxy groups -OCH3 is 2. The molecule has 8 nitrogen and oxygen atoms in total. The highest BCUT2D eigenvalue weighted by Gasteiger charge is 2.22. The summed E-state index contributed by atoms with van der Waals surface area (Å²) >= 11 is 2.10. The SMILES string of the molecule is COc1cc(C(C)C)c(OS(=O)(=O)c2ccc(C)cc2)cc1I.COc1ccc(OS(=O)(=O)c2ccc(C)cc2)c(C(C)C)c1. The Morgan fingerprint density at radius 3 is 1.42 bits per heavy atom. The van der Waals surface area contributed by atoms with Gasteiger partial charge in [-0.05, 0) is 103 Å². The van der Waals surface area contributed by atoms with Gasteiger partial charge >= 0.3 is 20.2 Å². The van der Waals surface area contributed by atoms with Crippen molar-refractivity contribution in [2.24, 2.45) is 0 Å². The second kappa shape index (κ2) is 15.3. The molecule has 0 heterocycles. The molecule has 0 saturated heterocycles. The molecule has 0 aliphatic carbocycles. The van der Waals surface area contributed by atoms with Crippen LogP contribution in [-0.2, 0) is 20.2 Å². The smallest absolute Gasteiger partial charge is 0.339 e. The van der Waals surface area contributed by atoms with Crippen LogP contribution in [0.1, 0.15) is 61.8 Å². The quantitative estimate of drug-likeness (QED) is 0.117. The Kier molecular flexibility index (Phi) is 12.3. The molecular formula is C34H39IO8S2. The largest absolute Gasteiger partial charge is 0.497 e. The Labute approximate surface area is 281 Å². The molecule has 11 heteroatoms. The molecule has 0 aromatic heterocycles. The topological polar surface area (TPSA) is 105 Å². The second-order valence-electron chi connectivity index (χ2n) is 10.9. The van der Waals surface area contributed by atoms with Crippen molar-refractivity contribution in [3.63, 3.8) is 0 Å². The van der Waals surface area contributed by atoms with Gasteiger partial charge in [-0.15, -0.1) is 0 Å². The third kappa shape index (κ3) is 9.60. The molecule has 0 amide bonds. The lowest BCUT2D eigenvalue weighted by Crippen LogP contribution is -2.12. The van der Waals surface area contributed by atoms with E-state index in [0.29, 0.717) is 23.0 Å². The number of benzene rings is 4. The fourth-order valence-electron chi connectivity index (χ4n) is 4.15. The van der Waals surface area contributed by atoms with Crippen molar-refractivity contribution in [1.29, 1.82) is 0 Å². The average Bonchev–Trinajstić information content (AvgIpc) is 2.97. The molecule has 0 atom stereocenters. The number of rotatable bonds is 10. The van der Waals surface area contributed by atoms with Crippen LogP contribution in [-0.4, -0.2) is 31.1 Å². The van der Waals surface area contributed by atoms with Crippen LogP contribution in [0.2, 0.25) is 0 Å². The van der Waals surface area contributed by atoms with Crippen LogP contribution >= 0.6 is 22.6 Å². The molecule has 45 heavy (non-hydrogen) atoms. The molecule has 4 aromatic carbocycles. The molecule has 242 valence electrons. The number of halogens is 1. The first-order valence-electron chi connectivity index (χ1n) is 14.2. The van der Waals surface area contributed by atoms with E-state index in [1.54, 1.807) is 87.0 Å². The van der Waals surface area contributed by atoms with Crippen molar-refractivity contribution in [3.05, 3.63) is 105 Å². The Morgan fingerprint density at radius 2 is 1.00 bits per heavy atom. The summed E-state index contributed by atoms with van der Waals surface area (Å²) in [6, 6.07) is 21.8. The standard InChI is InChI=1S/C17H19IO4S.C17H20O4S/c1-11(2)14-9-17(21-4)15(18)10-16(14)22-23(19,20)13-7-5-12(3)6-8-13;1-12(2)16-11-14(20-4)7-10-17(16)21-22(18,19)15-8-5-13(3)6-9-15/h5-11H,1-4H3;5-12H,1-4H3. The minimum Gasteiger partial charge on any atom is -0.497 e. The minimum absolute atomic E-state index is 0.101. The first-order valence-corrected chi connectivity index (χ1v) is 18.0. The molecule has 0 radical (unpaired) electrons. The van der Waals surface area contributed by atoms with Crippen molar-refractivity contribution in [3.8, 4) is 23.0 Å². The van der Waals surface area contributed by atoms with Crippen LogP contribution in [0.15, 0.2) is 88.7 Å². The maximum atomic E-state index is 12.5. The Bertz CT molecular complexity index is 1820. The van der Waals surface area contributed by atoms with Gasteiger partial charge in [-0.2, -0.15) is 16.8 Å². The van der Waals surface area contributed by atoms with Crippen LogP contribution in [0, 0.1) is 17.4 Å². The highest BCUT2D eigenvalue weighted by molar-refractivity contribution is 14.1. The fourth-order valence-corrected chi connectivity index (χ4v) is 6.71. The zero-order chi connectivity index (χ0) is 33.5. The van der Waals surface area contributed by atoms with E-state index in [0.717, 1.165) is 25.8 Å². The van der Waals surface area contributed by atoms with E-state index in [2.05, 4.69) is 22.6 Å². The van der Waals surface area contributed by atoms with Gasteiger partial charge in [0.25, 0.3) is 0 Å². The van der Waals surface area contributed by atoms with Crippen molar-refractivity contribution in [2.45, 2.75) is 63.2 Å². The molecule has 0 fully saturated rings. The third-order valence-electron chi connectivity index (χ3n) is 6.76. The van der Waals surface area contributed by atoms with Crippen LogP contribution in [0.25, 0.3) is 0 Å². The molecule has 0 N–H and O–H groups in total. The lowest BCUT2D eigenvalue weighted by atomic mass is 10.0. The van der Waals surface area contributed by atoms with E-state index in [9.17, 15) is 16.8 Å². The monoisotopic (exact) mass is 766 g/mol. The molecule has 0 aliphatic heterocycles. The lowest BCUT2D eigenvalue weighted by molar-refractivity contribution is 0.409. The fraction of sp³-hybridized carbons (Fsp3) is 0.294. The molecule has 0 aliphatic rings. The summed E-state index contributed by atoms with van der Waals surface area (Å²) in [4.78, 5) is 0.284. The van der Waals surface area contributed by atoms with E-state index < -0.39 is 20.2 Å². The van der Waals surface area contributed by atoms with Gasteiger partial charge in [-0.25, -0.2) is 0 Å². The van der Waals surface area contributed by atoms with Crippen molar-refractivity contribution in [1.82, 2.24) is 0 Å². The Morgan fingerprint density at radius 1 is 0.556 bits per heavy atom. The van der Waals surface area contributed by atoms with E-state index in [1.165, 1.54) is 0 Å². The predicted molar refractivity (Wildman–Crippen MR) is 185 cm³/mol. The van der Waals surface area contributed by atoms with E-state index in [4.69, 9.17) is 17.8 Å². The van der Waals surface area contributed by atoms with Crippen molar-refractivity contribution >= 4 is 42.8 Å². The molecule has 4 rings (SSSR count). The van der Waals surface area contributed by atoms with Gasteiger partial charge in [0.2, 0.25) is 0 Å². The lowest BCUT2D eigenvalue weighted by Gasteiger charge is -2.16. The number of ether oxygens (including phenoxy) is 2. The first kappa shape index (κ1) is 36.2.